The van der Waals surface area contributed by atoms with Gasteiger partial charge >= 0.3 is 0 Å². The SMILES string of the molecule is CN(C)c1nc2c(c(N[C@@H](Cc3ccc(O)cc3)C(N)=O)n1)CCCC2. The normalized spacial score (nSPS) is 14.4. The molecule has 7 nitrogen and oxygen atoms in total. The quantitative estimate of drug-likeness (QED) is 0.728. The van der Waals surface area contributed by atoms with Gasteiger partial charge in [-0.25, -0.2) is 4.98 Å². The Labute approximate surface area is 153 Å². The fourth-order valence-electron chi connectivity index (χ4n) is 3.16. The zero-order valence-corrected chi connectivity index (χ0v) is 15.2. The molecule has 0 bridgehead atoms. The number of amides is 1. The molecule has 0 spiro atoms. The number of phenolic OH excluding ortho intramolecular Hbond substituents is 1. The van der Waals surface area contributed by atoms with Gasteiger partial charge in [-0.3, -0.25) is 4.79 Å². The van der Waals surface area contributed by atoms with Gasteiger partial charge in [0.25, 0.3) is 0 Å². The lowest BCUT2D eigenvalue weighted by atomic mass is 9.96. The lowest BCUT2D eigenvalue weighted by molar-refractivity contribution is -0.118. The Morgan fingerprint density at radius 3 is 2.58 bits per heavy atom. The Morgan fingerprint density at radius 2 is 1.92 bits per heavy atom. The molecule has 2 aromatic rings. The van der Waals surface area contributed by atoms with E-state index < -0.39 is 11.9 Å². The molecule has 1 amide bonds. The average molecular weight is 355 g/mol. The van der Waals surface area contributed by atoms with E-state index in [1.165, 1.54) is 0 Å². The number of nitrogens with two attached hydrogens (primary N) is 1. The first kappa shape index (κ1) is 18.0. The Bertz CT molecular complexity index is 789. The zero-order chi connectivity index (χ0) is 18.7. The minimum absolute atomic E-state index is 0.192. The van der Waals surface area contributed by atoms with Gasteiger partial charge in [0.05, 0.1) is 5.69 Å². The molecule has 1 aliphatic rings. The summed E-state index contributed by atoms with van der Waals surface area (Å²) in [7, 11) is 3.80. The van der Waals surface area contributed by atoms with E-state index in [9.17, 15) is 9.90 Å². The summed E-state index contributed by atoms with van der Waals surface area (Å²) in [5.41, 5.74) is 8.67. The van der Waals surface area contributed by atoms with Crippen LogP contribution in [0.5, 0.6) is 5.75 Å². The van der Waals surface area contributed by atoms with Gasteiger partial charge in [-0.05, 0) is 43.4 Å². The van der Waals surface area contributed by atoms with Crippen molar-refractivity contribution in [2.75, 3.05) is 24.3 Å². The molecule has 1 aromatic heterocycles. The van der Waals surface area contributed by atoms with Gasteiger partial charge in [-0.15, -0.1) is 0 Å². The van der Waals surface area contributed by atoms with E-state index in [4.69, 9.17) is 5.73 Å². The standard InChI is InChI=1S/C19H25N5O2/c1-24(2)19-22-15-6-4-3-5-14(15)18(23-19)21-16(17(20)26)11-12-7-9-13(25)10-8-12/h7-10,16,25H,3-6,11H2,1-2H3,(H2,20,26)(H,21,22,23)/t16-/m0/s1. The molecule has 1 aliphatic carbocycles. The van der Waals surface area contributed by atoms with Gasteiger partial charge in [0.15, 0.2) is 0 Å². The van der Waals surface area contributed by atoms with E-state index in [2.05, 4.69) is 15.3 Å². The van der Waals surface area contributed by atoms with Gasteiger partial charge < -0.3 is 21.1 Å². The van der Waals surface area contributed by atoms with Crippen molar-refractivity contribution in [3.63, 3.8) is 0 Å². The Balaban J connectivity index is 1.89. The number of aromatic nitrogens is 2. The molecule has 3 rings (SSSR count). The second-order valence-corrected chi connectivity index (χ2v) is 6.87. The van der Waals surface area contributed by atoms with Crippen molar-refractivity contribution in [1.82, 2.24) is 9.97 Å². The number of primary amides is 1. The fourth-order valence-corrected chi connectivity index (χ4v) is 3.16. The van der Waals surface area contributed by atoms with Crippen LogP contribution in [0, 0.1) is 0 Å². The lowest BCUT2D eigenvalue weighted by Gasteiger charge is -2.24. The molecule has 0 unspecified atom stereocenters. The number of hydrogen-bond acceptors (Lipinski definition) is 6. The van der Waals surface area contributed by atoms with Gasteiger partial charge in [0.2, 0.25) is 11.9 Å². The maximum atomic E-state index is 12.0. The van der Waals surface area contributed by atoms with Gasteiger partial charge in [-0.2, -0.15) is 4.98 Å². The van der Waals surface area contributed by atoms with Crippen molar-refractivity contribution in [2.24, 2.45) is 5.73 Å². The highest BCUT2D eigenvalue weighted by Crippen LogP contribution is 2.28. The number of anilines is 2. The first-order chi connectivity index (χ1) is 12.4. The molecule has 7 heteroatoms. The fraction of sp³-hybridized carbons (Fsp3) is 0.421. The van der Waals surface area contributed by atoms with Crippen LogP contribution in [0.15, 0.2) is 24.3 Å². The average Bonchev–Trinajstić information content (AvgIpc) is 2.62. The first-order valence-corrected chi connectivity index (χ1v) is 8.85. The van der Waals surface area contributed by atoms with Crippen LogP contribution in [-0.2, 0) is 24.1 Å². The summed E-state index contributed by atoms with van der Waals surface area (Å²) in [6, 6.07) is 6.19. The number of aromatic hydroxyl groups is 1. The van der Waals surface area contributed by atoms with Crippen LogP contribution in [0.2, 0.25) is 0 Å². The maximum absolute atomic E-state index is 12.0. The third-order valence-electron chi connectivity index (χ3n) is 4.60. The summed E-state index contributed by atoms with van der Waals surface area (Å²) >= 11 is 0. The number of hydrogen-bond donors (Lipinski definition) is 3. The van der Waals surface area contributed by atoms with E-state index in [1.54, 1.807) is 24.3 Å². The molecule has 0 aliphatic heterocycles. The molecule has 0 saturated carbocycles. The maximum Gasteiger partial charge on any atom is 0.240 e. The predicted octanol–water partition coefficient (Wildman–Crippen LogP) is 1.64. The van der Waals surface area contributed by atoms with E-state index in [0.29, 0.717) is 18.2 Å². The summed E-state index contributed by atoms with van der Waals surface area (Å²) < 4.78 is 0. The molecule has 0 radical (unpaired) electrons. The number of benzene rings is 1. The minimum atomic E-state index is -0.588. The van der Waals surface area contributed by atoms with Gasteiger partial charge in [0.1, 0.15) is 17.6 Å². The van der Waals surface area contributed by atoms with Crippen molar-refractivity contribution in [3.05, 3.63) is 41.1 Å². The molecule has 0 saturated heterocycles. The minimum Gasteiger partial charge on any atom is -0.508 e. The molecule has 1 aromatic carbocycles. The molecular weight excluding hydrogens is 330 g/mol. The topological polar surface area (TPSA) is 104 Å². The Kier molecular flexibility index (Phi) is 5.25. The highest BCUT2D eigenvalue weighted by atomic mass is 16.3. The lowest BCUT2D eigenvalue weighted by Crippen LogP contribution is -2.38. The van der Waals surface area contributed by atoms with E-state index >= 15 is 0 Å². The predicted molar refractivity (Wildman–Crippen MR) is 101 cm³/mol. The molecular formula is C19H25N5O2. The van der Waals surface area contributed by atoms with Crippen LogP contribution < -0.4 is 16.0 Å². The number of rotatable bonds is 6. The number of nitrogens with one attached hydrogen (secondary N) is 1. The van der Waals surface area contributed by atoms with Gasteiger partial charge in [-0.1, -0.05) is 12.1 Å². The van der Waals surface area contributed by atoms with Crippen LogP contribution in [0.1, 0.15) is 29.7 Å². The monoisotopic (exact) mass is 355 g/mol. The third kappa shape index (κ3) is 4.04. The van der Waals surface area contributed by atoms with Crippen molar-refractivity contribution < 1.29 is 9.90 Å². The summed E-state index contributed by atoms with van der Waals surface area (Å²) in [6.45, 7) is 0. The van der Waals surface area contributed by atoms with Crippen molar-refractivity contribution >= 4 is 17.7 Å². The molecule has 1 heterocycles. The van der Waals surface area contributed by atoms with Crippen LogP contribution >= 0.6 is 0 Å². The Hall–Kier alpha value is -2.83. The molecule has 4 N–H and O–H groups in total. The molecule has 1 atom stereocenters. The van der Waals surface area contributed by atoms with Crippen LogP contribution in [-0.4, -0.2) is 41.1 Å². The summed E-state index contributed by atoms with van der Waals surface area (Å²) in [6.07, 6.45) is 4.45. The first-order valence-electron chi connectivity index (χ1n) is 8.85. The second kappa shape index (κ2) is 7.59. The van der Waals surface area contributed by atoms with Crippen LogP contribution in [0.25, 0.3) is 0 Å². The summed E-state index contributed by atoms with van der Waals surface area (Å²) in [5.74, 6) is 1.08. The van der Waals surface area contributed by atoms with E-state index in [1.807, 2.05) is 19.0 Å². The van der Waals surface area contributed by atoms with E-state index in [-0.39, 0.29) is 5.75 Å². The van der Waals surface area contributed by atoms with Crippen molar-refractivity contribution in [1.29, 1.82) is 0 Å². The van der Waals surface area contributed by atoms with E-state index in [0.717, 1.165) is 42.5 Å². The highest BCUT2D eigenvalue weighted by molar-refractivity contribution is 5.83. The summed E-state index contributed by atoms with van der Waals surface area (Å²) in [5, 5.41) is 12.7. The van der Waals surface area contributed by atoms with Crippen molar-refractivity contribution in [2.45, 2.75) is 38.1 Å². The number of phenols is 1. The summed E-state index contributed by atoms with van der Waals surface area (Å²) in [4.78, 5) is 23.1. The zero-order valence-electron chi connectivity index (χ0n) is 15.2. The smallest absolute Gasteiger partial charge is 0.240 e. The second-order valence-electron chi connectivity index (χ2n) is 6.87. The molecule has 26 heavy (non-hydrogen) atoms. The van der Waals surface area contributed by atoms with Gasteiger partial charge in [0, 0.05) is 26.1 Å². The largest absolute Gasteiger partial charge is 0.508 e. The number of carbonyl (C=O) groups is 1. The Morgan fingerprint density at radius 1 is 1.23 bits per heavy atom. The molecule has 0 fully saturated rings. The van der Waals surface area contributed by atoms with Crippen LogP contribution in [0.4, 0.5) is 11.8 Å². The number of fused-ring (bicyclic) bond motifs is 1. The number of carbonyl (C=O) groups excluding carboxylic acids is 1. The van der Waals surface area contributed by atoms with Crippen LogP contribution in [0.3, 0.4) is 0 Å². The highest BCUT2D eigenvalue weighted by Gasteiger charge is 2.23. The van der Waals surface area contributed by atoms with Crippen molar-refractivity contribution in [3.8, 4) is 5.75 Å². The third-order valence-corrected chi connectivity index (χ3v) is 4.60. The molecule has 138 valence electrons. The number of aryl methyl sites for hydroxylation is 1. The number of nitrogens with zero attached hydrogens (tertiary/aromatic N) is 3.